The van der Waals surface area contributed by atoms with Crippen molar-refractivity contribution in [1.82, 2.24) is 0 Å². The van der Waals surface area contributed by atoms with Crippen LogP contribution in [0.3, 0.4) is 0 Å². The zero-order valence-electron chi connectivity index (χ0n) is 12.0. The van der Waals surface area contributed by atoms with Gasteiger partial charge in [0.1, 0.15) is 11.3 Å². The molecular weight excluding hydrogens is 244 g/mol. The minimum absolute atomic E-state index is 0.00464. The van der Waals surface area contributed by atoms with Crippen molar-refractivity contribution in [1.29, 1.82) is 0 Å². The molecule has 0 N–H and O–H groups in total. The molecule has 0 unspecified atom stereocenters. The van der Waals surface area contributed by atoms with E-state index in [1.54, 1.807) is 19.2 Å². The molecule has 0 bridgehead atoms. The number of ether oxygens (including phenoxy) is 1. The first-order valence-electron chi connectivity index (χ1n) is 6.05. The van der Waals surface area contributed by atoms with Crippen LogP contribution in [0.2, 0.25) is 18.1 Å². The van der Waals surface area contributed by atoms with Gasteiger partial charge in [-0.15, -0.1) is 0 Å². The molecule has 1 aromatic carbocycles. The lowest BCUT2D eigenvalue weighted by atomic mass is 10.2. The van der Waals surface area contributed by atoms with Crippen LogP contribution in [0.15, 0.2) is 24.3 Å². The van der Waals surface area contributed by atoms with Gasteiger partial charge in [0.25, 0.3) is 8.32 Å². The van der Waals surface area contributed by atoms with E-state index in [4.69, 9.17) is 9.16 Å². The first kappa shape index (κ1) is 14.8. The van der Waals surface area contributed by atoms with Gasteiger partial charge >= 0.3 is 5.97 Å². The average Bonchev–Trinajstić information content (AvgIpc) is 2.26. The van der Waals surface area contributed by atoms with Crippen molar-refractivity contribution >= 4 is 14.3 Å². The van der Waals surface area contributed by atoms with E-state index >= 15 is 0 Å². The minimum atomic E-state index is -2.09. The third-order valence-corrected chi connectivity index (χ3v) is 7.79. The molecule has 0 aliphatic rings. The van der Waals surface area contributed by atoms with Crippen molar-refractivity contribution in [3.63, 3.8) is 0 Å². The molecule has 1 rings (SSSR count). The number of carbonyl (C=O) groups excluding carboxylic acids is 1. The van der Waals surface area contributed by atoms with Crippen molar-refractivity contribution < 1.29 is 14.0 Å². The van der Waals surface area contributed by atoms with Gasteiger partial charge in [-0.25, -0.2) is 4.79 Å². The summed E-state index contributed by atoms with van der Waals surface area (Å²) in [5.74, 6) is 0.264. The number of hydrogen-bond donors (Lipinski definition) is 0. The van der Waals surface area contributed by atoms with Gasteiger partial charge in [-0.3, -0.25) is 0 Å². The Kier molecular flexibility index (Phi) is 4.22. The van der Waals surface area contributed by atoms with Crippen LogP contribution >= 0.6 is 0 Å². The number of rotatable bonds is 3. The summed E-state index contributed by atoms with van der Waals surface area (Å²) in [6.45, 7) is 10.4. The number of methoxy groups -OCH3 is 1. The van der Waals surface area contributed by atoms with E-state index in [-0.39, 0.29) is 11.0 Å². The maximum atomic E-state index is 12.2. The lowest BCUT2D eigenvalue weighted by Crippen LogP contribution is -2.42. The topological polar surface area (TPSA) is 35.5 Å². The van der Waals surface area contributed by atoms with Gasteiger partial charge in [-0.1, -0.05) is 32.9 Å². The van der Waals surface area contributed by atoms with Crippen molar-refractivity contribution in [3.8, 4) is 5.75 Å². The first-order valence-corrected chi connectivity index (χ1v) is 8.96. The second-order valence-corrected chi connectivity index (χ2v) is 10.6. The molecule has 0 aliphatic carbocycles. The zero-order valence-corrected chi connectivity index (χ0v) is 13.0. The molecule has 0 amide bonds. The minimum Gasteiger partial charge on any atom is -0.516 e. The van der Waals surface area contributed by atoms with Crippen molar-refractivity contribution in [2.45, 2.75) is 38.9 Å². The Morgan fingerprint density at radius 2 is 1.72 bits per heavy atom. The molecule has 1 aromatic rings. The Morgan fingerprint density at radius 1 is 1.17 bits per heavy atom. The van der Waals surface area contributed by atoms with E-state index in [0.717, 1.165) is 0 Å². The van der Waals surface area contributed by atoms with Crippen molar-refractivity contribution in [3.05, 3.63) is 29.8 Å². The van der Waals surface area contributed by atoms with E-state index < -0.39 is 8.32 Å². The van der Waals surface area contributed by atoms with Crippen molar-refractivity contribution in [2.24, 2.45) is 0 Å². The third kappa shape index (κ3) is 3.13. The van der Waals surface area contributed by atoms with Gasteiger partial charge in [0.05, 0.1) is 7.11 Å². The lowest BCUT2D eigenvalue weighted by Gasteiger charge is -2.35. The highest BCUT2D eigenvalue weighted by Crippen LogP contribution is 2.37. The smallest absolute Gasteiger partial charge is 0.328 e. The van der Waals surface area contributed by atoms with E-state index in [1.165, 1.54) is 0 Å². The van der Waals surface area contributed by atoms with Crippen LogP contribution in [0.25, 0.3) is 0 Å². The van der Waals surface area contributed by atoms with Crippen LogP contribution in [-0.2, 0) is 4.43 Å². The highest BCUT2D eigenvalue weighted by atomic mass is 28.4. The van der Waals surface area contributed by atoms with Gasteiger partial charge in [-0.05, 0) is 30.3 Å². The lowest BCUT2D eigenvalue weighted by molar-refractivity contribution is 0.0709. The standard InChI is InChI=1S/C14H22O3Si/c1-14(2,3)18(5,6)17-13(15)11-9-7-8-10-12(11)16-4/h7-10H,1-6H3. The maximum absolute atomic E-state index is 12.2. The Balaban J connectivity index is 2.96. The molecule has 3 nitrogen and oxygen atoms in total. The molecule has 0 radical (unpaired) electrons. The molecule has 0 fully saturated rings. The predicted octanol–water partition coefficient (Wildman–Crippen LogP) is 3.86. The Bertz CT molecular complexity index is 433. The highest BCUT2D eigenvalue weighted by molar-refractivity contribution is 6.75. The van der Waals surface area contributed by atoms with Crippen molar-refractivity contribution in [2.75, 3.05) is 7.11 Å². The van der Waals surface area contributed by atoms with Gasteiger partial charge < -0.3 is 9.16 Å². The quantitative estimate of drug-likeness (QED) is 0.779. The fourth-order valence-electron chi connectivity index (χ4n) is 1.25. The maximum Gasteiger partial charge on any atom is 0.328 e. The first-order chi connectivity index (χ1) is 8.19. The fraction of sp³-hybridized carbons (Fsp3) is 0.500. The summed E-state index contributed by atoms with van der Waals surface area (Å²) in [6, 6.07) is 7.14. The van der Waals surface area contributed by atoms with Gasteiger partial charge in [0.15, 0.2) is 0 Å². The van der Waals surface area contributed by atoms with E-state index in [2.05, 4.69) is 33.9 Å². The Labute approximate surface area is 110 Å². The Hall–Kier alpha value is -1.29. The molecule has 0 aromatic heterocycles. The number of hydrogen-bond acceptors (Lipinski definition) is 3. The zero-order chi connectivity index (χ0) is 14.0. The summed E-state index contributed by atoms with van der Waals surface area (Å²) < 4.78 is 10.9. The molecule has 0 aliphatic heterocycles. The monoisotopic (exact) mass is 266 g/mol. The number of carbonyl (C=O) groups is 1. The van der Waals surface area contributed by atoms with Crippen LogP contribution in [0, 0.1) is 0 Å². The summed E-state index contributed by atoms with van der Waals surface area (Å²) in [6.07, 6.45) is 0. The molecule has 0 atom stereocenters. The van der Waals surface area contributed by atoms with Gasteiger partial charge in [-0.2, -0.15) is 0 Å². The predicted molar refractivity (Wildman–Crippen MR) is 75.6 cm³/mol. The largest absolute Gasteiger partial charge is 0.516 e. The second kappa shape index (κ2) is 5.14. The Morgan fingerprint density at radius 3 is 2.22 bits per heavy atom. The fourth-order valence-corrected chi connectivity index (χ4v) is 2.13. The SMILES string of the molecule is COc1ccccc1C(=O)O[Si](C)(C)C(C)(C)C. The van der Waals surface area contributed by atoms with E-state index in [1.807, 2.05) is 12.1 Å². The van der Waals surface area contributed by atoms with Crippen LogP contribution < -0.4 is 4.74 Å². The average molecular weight is 266 g/mol. The molecule has 4 heteroatoms. The third-order valence-electron chi connectivity index (χ3n) is 3.48. The number of para-hydroxylation sites is 1. The van der Waals surface area contributed by atoms with Crippen LogP contribution in [0.5, 0.6) is 5.75 Å². The van der Waals surface area contributed by atoms with Gasteiger partial charge in [0, 0.05) is 0 Å². The number of benzene rings is 1. The summed E-state index contributed by atoms with van der Waals surface area (Å²) in [5, 5.41) is 0.00464. The molecule has 0 saturated heterocycles. The van der Waals surface area contributed by atoms with E-state index in [0.29, 0.717) is 11.3 Å². The molecule has 0 heterocycles. The molecule has 18 heavy (non-hydrogen) atoms. The molecule has 0 spiro atoms. The second-order valence-electron chi connectivity index (χ2n) is 5.85. The van der Waals surface area contributed by atoms with Crippen LogP contribution in [-0.4, -0.2) is 21.4 Å². The summed E-state index contributed by atoms with van der Waals surface area (Å²) >= 11 is 0. The summed E-state index contributed by atoms with van der Waals surface area (Å²) in [5.41, 5.74) is 0.491. The molecule has 100 valence electrons. The highest BCUT2D eigenvalue weighted by Gasteiger charge is 2.40. The van der Waals surface area contributed by atoms with Crippen LogP contribution in [0.4, 0.5) is 0 Å². The normalized spacial score (nSPS) is 12.1. The molecule has 0 saturated carbocycles. The summed E-state index contributed by atoms with van der Waals surface area (Å²) in [7, 11) is -0.538. The molecular formula is C14H22O3Si. The van der Waals surface area contributed by atoms with E-state index in [9.17, 15) is 4.79 Å². The van der Waals surface area contributed by atoms with Crippen LogP contribution in [0.1, 0.15) is 31.1 Å². The van der Waals surface area contributed by atoms with Gasteiger partial charge in [0.2, 0.25) is 0 Å². The summed E-state index contributed by atoms with van der Waals surface area (Å²) in [4.78, 5) is 12.2.